The van der Waals surface area contributed by atoms with Gasteiger partial charge in [-0.05, 0) is 48.5 Å². The van der Waals surface area contributed by atoms with Gasteiger partial charge in [0.25, 0.3) is 0 Å². The van der Waals surface area contributed by atoms with Gasteiger partial charge in [0.05, 0.1) is 26.7 Å². The van der Waals surface area contributed by atoms with E-state index in [0.717, 1.165) is 0 Å². The molecule has 0 saturated carbocycles. The summed E-state index contributed by atoms with van der Waals surface area (Å²) >= 11 is 0. The summed E-state index contributed by atoms with van der Waals surface area (Å²) in [7, 11) is 3.13. The number of nitrogens with one attached hydrogen (secondary N) is 2. The maximum atomic E-state index is 12.4. The van der Waals surface area contributed by atoms with Gasteiger partial charge in [0, 0.05) is 24.3 Å². The highest BCUT2D eigenvalue weighted by molar-refractivity contribution is 6.01. The molecule has 2 aromatic carbocycles. The predicted octanol–water partition coefficient (Wildman–Crippen LogP) is 1.81. The molecule has 29 heavy (non-hydrogen) atoms. The Balaban J connectivity index is 1.50. The fourth-order valence-electron chi connectivity index (χ4n) is 3.09. The zero-order valence-electron chi connectivity index (χ0n) is 16.3. The van der Waals surface area contributed by atoms with E-state index in [1.807, 2.05) is 0 Å². The second kappa shape index (κ2) is 9.09. The molecule has 8 heteroatoms. The molecule has 1 aliphatic heterocycles. The zero-order chi connectivity index (χ0) is 20.8. The molecule has 1 saturated heterocycles. The molecule has 3 amide bonds. The van der Waals surface area contributed by atoms with Crippen LogP contribution in [-0.2, 0) is 14.4 Å². The molecule has 1 aliphatic rings. The maximum absolute atomic E-state index is 12.4. The highest BCUT2D eigenvalue weighted by Gasteiger charge is 2.35. The number of amides is 3. The average molecular weight is 397 g/mol. The van der Waals surface area contributed by atoms with E-state index < -0.39 is 5.92 Å². The lowest BCUT2D eigenvalue weighted by molar-refractivity contribution is -0.127. The summed E-state index contributed by atoms with van der Waals surface area (Å²) in [6.45, 7) is 0.106. The van der Waals surface area contributed by atoms with E-state index in [0.29, 0.717) is 22.9 Å². The van der Waals surface area contributed by atoms with Crippen LogP contribution >= 0.6 is 0 Å². The molecule has 1 atom stereocenters. The summed E-state index contributed by atoms with van der Waals surface area (Å²) in [5, 5.41) is 5.30. The van der Waals surface area contributed by atoms with Gasteiger partial charge in [0.15, 0.2) is 0 Å². The monoisotopic (exact) mass is 397 g/mol. The zero-order valence-corrected chi connectivity index (χ0v) is 16.3. The number of hydrogen-bond donors (Lipinski definition) is 2. The molecule has 0 radical (unpaired) electrons. The predicted molar refractivity (Wildman–Crippen MR) is 108 cm³/mol. The number of hydrogen-bond acceptors (Lipinski definition) is 5. The molecule has 1 heterocycles. The van der Waals surface area contributed by atoms with E-state index in [1.165, 1.54) is 0 Å². The Kier molecular flexibility index (Phi) is 6.33. The van der Waals surface area contributed by atoms with Crippen LogP contribution in [0.3, 0.4) is 0 Å². The number of anilines is 2. The smallest absolute Gasteiger partial charge is 0.243 e. The van der Waals surface area contributed by atoms with Crippen molar-refractivity contribution in [3.63, 3.8) is 0 Å². The molecule has 1 unspecified atom stereocenters. The fraction of sp³-hybridized carbons (Fsp3) is 0.286. The molecule has 2 aromatic rings. The van der Waals surface area contributed by atoms with Crippen molar-refractivity contribution < 1.29 is 23.9 Å². The number of benzene rings is 2. The number of carbonyl (C=O) groups is 3. The summed E-state index contributed by atoms with van der Waals surface area (Å²) in [6.07, 6.45) is 0.109. The minimum absolute atomic E-state index is 0.109. The van der Waals surface area contributed by atoms with Gasteiger partial charge in [0.2, 0.25) is 17.7 Å². The van der Waals surface area contributed by atoms with E-state index >= 15 is 0 Å². The number of rotatable bonds is 7. The van der Waals surface area contributed by atoms with Crippen LogP contribution in [0.5, 0.6) is 11.5 Å². The third-order valence-corrected chi connectivity index (χ3v) is 4.68. The van der Waals surface area contributed by atoms with Gasteiger partial charge in [0.1, 0.15) is 11.5 Å². The Morgan fingerprint density at radius 2 is 1.59 bits per heavy atom. The lowest BCUT2D eigenvalue weighted by atomic mass is 10.1. The van der Waals surface area contributed by atoms with E-state index in [2.05, 4.69) is 10.6 Å². The van der Waals surface area contributed by atoms with Crippen LogP contribution in [0.15, 0.2) is 48.5 Å². The Morgan fingerprint density at radius 3 is 2.17 bits per heavy atom. The number of nitrogens with zero attached hydrogens (tertiary/aromatic N) is 1. The Bertz CT molecular complexity index is 880. The first-order valence-electron chi connectivity index (χ1n) is 9.16. The number of ether oxygens (including phenoxy) is 2. The van der Waals surface area contributed by atoms with Crippen LogP contribution in [0.25, 0.3) is 0 Å². The molecule has 152 valence electrons. The fourth-order valence-corrected chi connectivity index (χ4v) is 3.09. The van der Waals surface area contributed by atoms with Crippen molar-refractivity contribution in [2.45, 2.75) is 6.42 Å². The first-order valence-corrected chi connectivity index (χ1v) is 9.16. The largest absolute Gasteiger partial charge is 0.497 e. The maximum Gasteiger partial charge on any atom is 0.243 e. The van der Waals surface area contributed by atoms with Crippen molar-refractivity contribution in [3.05, 3.63) is 48.5 Å². The minimum atomic E-state index is -0.501. The summed E-state index contributed by atoms with van der Waals surface area (Å²) in [6, 6.07) is 14.0. The van der Waals surface area contributed by atoms with E-state index in [4.69, 9.17) is 9.47 Å². The first kappa shape index (κ1) is 20.2. The minimum Gasteiger partial charge on any atom is -0.497 e. The van der Waals surface area contributed by atoms with Crippen molar-refractivity contribution in [1.29, 1.82) is 0 Å². The molecular weight excluding hydrogens is 374 g/mol. The summed E-state index contributed by atoms with van der Waals surface area (Å²) < 4.78 is 10.2. The quantitative estimate of drug-likeness (QED) is 0.743. The molecule has 0 spiro atoms. The van der Waals surface area contributed by atoms with Crippen molar-refractivity contribution in [2.24, 2.45) is 5.92 Å². The molecule has 0 aliphatic carbocycles. The molecule has 0 aromatic heterocycles. The second-order valence-electron chi connectivity index (χ2n) is 6.60. The SMILES string of the molecule is COc1ccc(NC(=O)CNC(=O)C2CC(=O)N(c3ccc(OC)cc3)C2)cc1. The van der Waals surface area contributed by atoms with Crippen molar-refractivity contribution >= 4 is 29.1 Å². The van der Waals surface area contributed by atoms with Crippen molar-refractivity contribution in [2.75, 3.05) is 37.5 Å². The van der Waals surface area contributed by atoms with Crippen LogP contribution < -0.4 is 25.0 Å². The normalized spacial score (nSPS) is 15.7. The van der Waals surface area contributed by atoms with Crippen LogP contribution in [0.2, 0.25) is 0 Å². The molecule has 0 bridgehead atoms. The van der Waals surface area contributed by atoms with Crippen molar-refractivity contribution in [1.82, 2.24) is 5.32 Å². The third kappa shape index (κ3) is 5.04. The Morgan fingerprint density at radius 1 is 1.00 bits per heavy atom. The number of methoxy groups -OCH3 is 2. The van der Waals surface area contributed by atoms with Gasteiger partial charge in [-0.1, -0.05) is 0 Å². The summed E-state index contributed by atoms with van der Waals surface area (Å²) in [5.41, 5.74) is 1.31. The lowest BCUT2D eigenvalue weighted by Crippen LogP contribution is -2.37. The molecular formula is C21H23N3O5. The third-order valence-electron chi connectivity index (χ3n) is 4.68. The Labute approximate surface area is 168 Å². The van der Waals surface area contributed by atoms with Crippen LogP contribution in [0.4, 0.5) is 11.4 Å². The molecule has 8 nitrogen and oxygen atoms in total. The van der Waals surface area contributed by atoms with E-state index in [9.17, 15) is 14.4 Å². The van der Waals surface area contributed by atoms with E-state index in [1.54, 1.807) is 67.7 Å². The van der Waals surface area contributed by atoms with Crippen LogP contribution in [-0.4, -0.2) is 45.0 Å². The topological polar surface area (TPSA) is 97.0 Å². The van der Waals surface area contributed by atoms with Gasteiger partial charge >= 0.3 is 0 Å². The van der Waals surface area contributed by atoms with Crippen molar-refractivity contribution in [3.8, 4) is 11.5 Å². The van der Waals surface area contributed by atoms with Crippen LogP contribution in [0.1, 0.15) is 6.42 Å². The van der Waals surface area contributed by atoms with Gasteiger partial charge in [-0.3, -0.25) is 14.4 Å². The van der Waals surface area contributed by atoms with Gasteiger partial charge in [-0.15, -0.1) is 0 Å². The van der Waals surface area contributed by atoms with Crippen LogP contribution in [0, 0.1) is 5.92 Å². The highest BCUT2D eigenvalue weighted by atomic mass is 16.5. The lowest BCUT2D eigenvalue weighted by Gasteiger charge is -2.17. The first-order chi connectivity index (χ1) is 14.0. The Hall–Kier alpha value is -3.55. The average Bonchev–Trinajstić information content (AvgIpc) is 3.14. The van der Waals surface area contributed by atoms with Gasteiger partial charge < -0.3 is 25.0 Å². The standard InChI is InChI=1S/C21H23N3O5/c1-28-17-7-3-15(4-8-17)23-19(25)12-22-21(27)14-11-20(26)24(13-14)16-5-9-18(29-2)10-6-16/h3-10,14H,11-13H2,1-2H3,(H,22,27)(H,23,25). The summed E-state index contributed by atoms with van der Waals surface area (Å²) in [4.78, 5) is 38.3. The van der Waals surface area contributed by atoms with E-state index in [-0.39, 0.29) is 37.2 Å². The molecule has 3 rings (SSSR count). The second-order valence-corrected chi connectivity index (χ2v) is 6.60. The summed E-state index contributed by atoms with van der Waals surface area (Å²) in [5.74, 6) is 0.0802. The van der Waals surface area contributed by atoms with Gasteiger partial charge in [-0.2, -0.15) is 0 Å². The molecule has 2 N–H and O–H groups in total. The number of carbonyl (C=O) groups excluding carboxylic acids is 3. The molecule has 1 fully saturated rings. The van der Waals surface area contributed by atoms with Gasteiger partial charge in [-0.25, -0.2) is 0 Å². The highest BCUT2D eigenvalue weighted by Crippen LogP contribution is 2.26.